The van der Waals surface area contributed by atoms with Gasteiger partial charge in [-0.25, -0.2) is 9.97 Å². The Balaban J connectivity index is 1.82. The summed E-state index contributed by atoms with van der Waals surface area (Å²) in [6.45, 7) is 2.60. The first-order valence-electron chi connectivity index (χ1n) is 7.07. The molecule has 1 N–H and O–H groups in total. The van der Waals surface area contributed by atoms with E-state index in [-0.39, 0.29) is 0 Å². The number of hydrogen-bond acceptors (Lipinski definition) is 6. The first kappa shape index (κ1) is 15.7. The highest BCUT2D eigenvalue weighted by atomic mass is 32.2. The van der Waals surface area contributed by atoms with Gasteiger partial charge >= 0.3 is 0 Å². The van der Waals surface area contributed by atoms with E-state index in [1.54, 1.807) is 18.5 Å². The zero-order valence-electron chi connectivity index (χ0n) is 12.5. The van der Waals surface area contributed by atoms with E-state index in [1.807, 2.05) is 35.8 Å². The van der Waals surface area contributed by atoms with E-state index in [0.717, 1.165) is 17.3 Å². The Kier molecular flexibility index (Phi) is 5.04. The highest BCUT2D eigenvalue weighted by Crippen LogP contribution is 2.21. The van der Waals surface area contributed by atoms with E-state index in [0.29, 0.717) is 22.3 Å². The van der Waals surface area contributed by atoms with Crippen molar-refractivity contribution in [3.05, 3.63) is 53.3 Å². The maximum absolute atomic E-state index is 5.46. The van der Waals surface area contributed by atoms with Gasteiger partial charge in [-0.15, -0.1) is 0 Å². The predicted octanol–water partition coefficient (Wildman–Crippen LogP) is 3.41. The van der Waals surface area contributed by atoms with Crippen LogP contribution in [0.4, 0.5) is 0 Å². The van der Waals surface area contributed by atoms with Crippen LogP contribution in [0.1, 0.15) is 12.7 Å². The topological polar surface area (TPSA) is 68.6 Å². The van der Waals surface area contributed by atoms with Crippen molar-refractivity contribution in [2.24, 2.45) is 0 Å². The lowest BCUT2D eigenvalue weighted by Gasteiger charge is -2.08. The summed E-state index contributed by atoms with van der Waals surface area (Å²) < 4.78 is 7.92. The summed E-state index contributed by atoms with van der Waals surface area (Å²) in [6, 6.07) is 9.56. The minimum Gasteiger partial charge on any atom is -0.494 e. The number of hydrogen-bond donors (Lipinski definition) is 1. The summed E-state index contributed by atoms with van der Waals surface area (Å²) in [4.78, 5) is 8.39. The third-order valence-electron chi connectivity index (χ3n) is 3.02. The van der Waals surface area contributed by atoms with Crippen LogP contribution in [0.15, 0.2) is 47.9 Å². The first-order chi connectivity index (χ1) is 11.3. The maximum Gasteiger partial charge on any atom is 0.199 e. The number of aromatic amines is 1. The number of rotatable bonds is 6. The molecular formula is C15H15N5OS2. The molecule has 0 bridgehead atoms. The molecule has 0 spiro atoms. The van der Waals surface area contributed by atoms with Gasteiger partial charge in [0.25, 0.3) is 0 Å². The van der Waals surface area contributed by atoms with Gasteiger partial charge in [-0.1, -0.05) is 11.8 Å². The quantitative estimate of drug-likeness (QED) is 0.419. The van der Waals surface area contributed by atoms with Crippen molar-refractivity contribution < 1.29 is 4.74 Å². The predicted molar refractivity (Wildman–Crippen MR) is 91.5 cm³/mol. The van der Waals surface area contributed by atoms with Gasteiger partial charge in [0.05, 0.1) is 12.4 Å². The van der Waals surface area contributed by atoms with Crippen LogP contribution in [0.25, 0.3) is 5.69 Å². The molecule has 2 aromatic heterocycles. The minimum absolute atomic E-state index is 0.554. The van der Waals surface area contributed by atoms with Crippen LogP contribution in [-0.4, -0.2) is 31.3 Å². The van der Waals surface area contributed by atoms with Crippen molar-refractivity contribution in [1.29, 1.82) is 0 Å². The van der Waals surface area contributed by atoms with E-state index in [4.69, 9.17) is 17.0 Å². The van der Waals surface area contributed by atoms with Crippen LogP contribution in [0.3, 0.4) is 0 Å². The van der Waals surface area contributed by atoms with Crippen LogP contribution < -0.4 is 4.74 Å². The van der Waals surface area contributed by atoms with E-state index in [9.17, 15) is 0 Å². The van der Waals surface area contributed by atoms with Crippen LogP contribution in [0.5, 0.6) is 5.75 Å². The lowest BCUT2D eigenvalue weighted by molar-refractivity contribution is 0.340. The summed E-state index contributed by atoms with van der Waals surface area (Å²) in [5, 5.41) is 7.85. The summed E-state index contributed by atoms with van der Waals surface area (Å²) in [7, 11) is 0. The lowest BCUT2D eigenvalue weighted by atomic mass is 10.3. The number of ether oxygens (including phenoxy) is 1. The van der Waals surface area contributed by atoms with Gasteiger partial charge in [0, 0.05) is 18.1 Å². The first-order valence-corrected chi connectivity index (χ1v) is 8.46. The molecule has 3 aromatic rings. The lowest BCUT2D eigenvalue weighted by Crippen LogP contribution is -2.01. The van der Waals surface area contributed by atoms with Gasteiger partial charge in [-0.2, -0.15) is 5.10 Å². The highest BCUT2D eigenvalue weighted by molar-refractivity contribution is 7.98. The normalized spacial score (nSPS) is 10.7. The molecule has 2 heterocycles. The van der Waals surface area contributed by atoms with Crippen molar-refractivity contribution in [1.82, 2.24) is 24.7 Å². The van der Waals surface area contributed by atoms with Crippen LogP contribution >= 0.6 is 24.0 Å². The minimum atomic E-state index is 0.554. The van der Waals surface area contributed by atoms with Crippen molar-refractivity contribution in [2.75, 3.05) is 6.61 Å². The zero-order chi connectivity index (χ0) is 16.1. The highest BCUT2D eigenvalue weighted by Gasteiger charge is 2.10. The molecular weight excluding hydrogens is 330 g/mol. The third kappa shape index (κ3) is 3.77. The molecule has 3 rings (SSSR count). The molecule has 0 unspecified atom stereocenters. The fraction of sp³-hybridized carbons (Fsp3) is 0.200. The van der Waals surface area contributed by atoms with Crippen molar-refractivity contribution >= 4 is 24.0 Å². The molecule has 0 saturated carbocycles. The third-order valence-corrected chi connectivity index (χ3v) is 4.17. The second-order valence-electron chi connectivity index (χ2n) is 4.53. The van der Waals surface area contributed by atoms with Gasteiger partial charge < -0.3 is 4.74 Å². The molecule has 6 nitrogen and oxygen atoms in total. The maximum atomic E-state index is 5.46. The molecule has 0 saturated heterocycles. The molecule has 0 amide bonds. The Morgan fingerprint density at radius 2 is 1.96 bits per heavy atom. The Morgan fingerprint density at radius 1 is 1.22 bits per heavy atom. The molecule has 0 radical (unpaired) electrons. The summed E-state index contributed by atoms with van der Waals surface area (Å²) in [6.07, 6.45) is 3.44. The second-order valence-corrected chi connectivity index (χ2v) is 5.86. The Morgan fingerprint density at radius 3 is 2.65 bits per heavy atom. The van der Waals surface area contributed by atoms with E-state index >= 15 is 0 Å². The van der Waals surface area contributed by atoms with Crippen molar-refractivity contribution in [3.63, 3.8) is 0 Å². The van der Waals surface area contributed by atoms with Gasteiger partial charge in [0.2, 0.25) is 0 Å². The van der Waals surface area contributed by atoms with Gasteiger partial charge in [-0.3, -0.25) is 9.67 Å². The Bertz CT molecular complexity index is 814. The molecule has 23 heavy (non-hydrogen) atoms. The second kappa shape index (κ2) is 7.38. The molecule has 0 atom stereocenters. The molecule has 0 fully saturated rings. The largest absolute Gasteiger partial charge is 0.494 e. The summed E-state index contributed by atoms with van der Waals surface area (Å²) in [5.74, 6) is 2.26. The average Bonchev–Trinajstić information content (AvgIpc) is 2.96. The zero-order valence-corrected chi connectivity index (χ0v) is 14.1. The molecule has 0 aliphatic carbocycles. The van der Waals surface area contributed by atoms with Crippen LogP contribution in [0, 0.1) is 4.77 Å². The van der Waals surface area contributed by atoms with Crippen molar-refractivity contribution in [2.45, 2.75) is 17.8 Å². The number of benzene rings is 1. The van der Waals surface area contributed by atoms with Gasteiger partial charge in [0.1, 0.15) is 11.6 Å². The standard InChI is InChI=1S/C15H15N5OS2/c1-2-21-12-6-4-11(5-7-12)20-13(18-19-15(20)22)10-23-14-16-8-3-9-17-14/h3-9H,2,10H2,1H3,(H,19,22). The van der Waals surface area contributed by atoms with E-state index in [1.165, 1.54) is 11.8 Å². The number of nitrogens with one attached hydrogen (secondary N) is 1. The fourth-order valence-corrected chi connectivity index (χ4v) is 3.02. The average molecular weight is 345 g/mol. The molecule has 0 aliphatic rings. The molecule has 1 aromatic carbocycles. The number of nitrogens with zero attached hydrogens (tertiary/aromatic N) is 4. The van der Waals surface area contributed by atoms with Crippen molar-refractivity contribution in [3.8, 4) is 11.4 Å². The number of thioether (sulfide) groups is 1. The number of H-pyrrole nitrogens is 1. The van der Waals surface area contributed by atoms with Crippen LogP contribution in [-0.2, 0) is 5.75 Å². The number of aromatic nitrogens is 5. The Hall–Kier alpha value is -2.19. The van der Waals surface area contributed by atoms with E-state index in [2.05, 4.69) is 20.2 Å². The smallest absolute Gasteiger partial charge is 0.199 e. The Labute approximate surface area is 143 Å². The van der Waals surface area contributed by atoms with Crippen LogP contribution in [0.2, 0.25) is 0 Å². The summed E-state index contributed by atoms with van der Waals surface area (Å²) in [5.41, 5.74) is 0.941. The molecule has 0 aliphatic heterocycles. The molecule has 8 heteroatoms. The summed E-state index contributed by atoms with van der Waals surface area (Å²) >= 11 is 6.85. The SMILES string of the molecule is CCOc1ccc(-n2c(CSc3ncccn3)n[nH]c2=S)cc1. The van der Waals surface area contributed by atoms with E-state index < -0.39 is 0 Å². The van der Waals surface area contributed by atoms with Gasteiger partial charge in [-0.05, 0) is 49.5 Å². The van der Waals surface area contributed by atoms with Gasteiger partial charge in [0.15, 0.2) is 9.93 Å². The fourth-order valence-electron chi connectivity index (χ4n) is 2.04. The molecule has 118 valence electrons. The monoisotopic (exact) mass is 345 g/mol.